The summed E-state index contributed by atoms with van der Waals surface area (Å²) in [5.74, 6) is 0.579. The molecule has 4 amide bonds. The number of hydrogen-bond donors (Lipinski definition) is 2. The van der Waals surface area contributed by atoms with E-state index in [0.29, 0.717) is 42.5 Å². The van der Waals surface area contributed by atoms with E-state index in [0.717, 1.165) is 107 Å². The second-order valence-corrected chi connectivity index (χ2v) is 16.7. The van der Waals surface area contributed by atoms with Gasteiger partial charge in [0.15, 0.2) is 0 Å². The van der Waals surface area contributed by atoms with Crippen LogP contribution in [0.15, 0.2) is 48.7 Å². The predicted molar refractivity (Wildman–Crippen MR) is 206 cm³/mol. The predicted octanol–water partition coefficient (Wildman–Crippen LogP) is 3.25. The van der Waals surface area contributed by atoms with Gasteiger partial charge < -0.3 is 30.1 Å². The van der Waals surface area contributed by atoms with Crippen LogP contribution in [-0.2, 0) is 27.3 Å². The normalized spacial score (nSPS) is 24.3. The molecule has 13 heteroatoms. The summed E-state index contributed by atoms with van der Waals surface area (Å²) in [6.45, 7) is 9.05. The maximum absolute atomic E-state index is 13.2. The number of benzene rings is 2. The van der Waals surface area contributed by atoms with Crippen molar-refractivity contribution in [3.8, 4) is 0 Å². The number of primary amides is 1. The van der Waals surface area contributed by atoms with Gasteiger partial charge in [0.1, 0.15) is 17.6 Å². The highest BCUT2D eigenvalue weighted by atomic mass is 16.5. The number of ether oxygens (including phenoxy) is 1. The van der Waals surface area contributed by atoms with E-state index in [1.165, 1.54) is 12.0 Å². The SMILES string of the molecule is NC(=O)c1ncc(N2CCCC3(COC3)C2)nc1Cc1ccc(C2CCN(C[C@H]3CCN(c4ccc5c(c4)CN(C4CCC(=O)NC4=O)C5=O)C3)CC2)cc1. The zero-order valence-corrected chi connectivity index (χ0v) is 31.4. The van der Waals surface area contributed by atoms with Gasteiger partial charge in [-0.1, -0.05) is 24.3 Å². The first-order valence-corrected chi connectivity index (χ1v) is 20.0. The lowest BCUT2D eigenvalue weighted by Crippen LogP contribution is -2.54. The maximum atomic E-state index is 13.2. The van der Waals surface area contributed by atoms with E-state index in [4.69, 9.17) is 15.5 Å². The van der Waals surface area contributed by atoms with E-state index < -0.39 is 11.9 Å². The third kappa shape index (κ3) is 7.19. The molecule has 288 valence electrons. The van der Waals surface area contributed by atoms with E-state index in [9.17, 15) is 19.2 Å². The van der Waals surface area contributed by atoms with Crippen molar-refractivity contribution in [2.75, 3.05) is 68.8 Å². The van der Waals surface area contributed by atoms with Crippen molar-refractivity contribution < 1.29 is 23.9 Å². The van der Waals surface area contributed by atoms with Crippen molar-refractivity contribution in [3.05, 3.63) is 82.3 Å². The number of aromatic nitrogens is 2. The third-order valence-electron chi connectivity index (χ3n) is 13.0. The molecular weight excluding hydrogens is 697 g/mol. The fraction of sp³-hybridized carbons (Fsp3) is 0.524. The van der Waals surface area contributed by atoms with Crippen molar-refractivity contribution >= 4 is 35.1 Å². The first kappa shape index (κ1) is 35.8. The van der Waals surface area contributed by atoms with Crippen LogP contribution in [0.5, 0.6) is 0 Å². The maximum Gasteiger partial charge on any atom is 0.269 e. The Labute approximate surface area is 321 Å². The Morgan fingerprint density at radius 3 is 2.53 bits per heavy atom. The summed E-state index contributed by atoms with van der Waals surface area (Å²) in [6.07, 6.45) is 8.48. The van der Waals surface area contributed by atoms with Gasteiger partial charge in [0.2, 0.25) is 11.8 Å². The number of piperidine rings is 3. The van der Waals surface area contributed by atoms with E-state index in [2.05, 4.69) is 55.3 Å². The van der Waals surface area contributed by atoms with Crippen LogP contribution in [0.4, 0.5) is 11.5 Å². The molecule has 0 saturated carbocycles. The van der Waals surface area contributed by atoms with Crippen molar-refractivity contribution in [2.45, 2.75) is 69.9 Å². The number of amides is 4. The fourth-order valence-electron chi connectivity index (χ4n) is 9.82. The van der Waals surface area contributed by atoms with Gasteiger partial charge in [-0.05, 0) is 98.3 Å². The summed E-state index contributed by atoms with van der Waals surface area (Å²) in [5.41, 5.74) is 12.0. The van der Waals surface area contributed by atoms with Crippen LogP contribution in [0.1, 0.15) is 94.1 Å². The number of carbonyl (C=O) groups is 4. The molecule has 5 saturated heterocycles. The smallest absolute Gasteiger partial charge is 0.269 e. The molecule has 7 heterocycles. The molecule has 3 N–H and O–H groups in total. The summed E-state index contributed by atoms with van der Waals surface area (Å²) >= 11 is 0. The Hall–Kier alpha value is -4.88. The summed E-state index contributed by atoms with van der Waals surface area (Å²) in [7, 11) is 0. The highest BCUT2D eigenvalue weighted by Gasteiger charge is 2.43. The van der Waals surface area contributed by atoms with Crippen LogP contribution in [0.2, 0.25) is 0 Å². The van der Waals surface area contributed by atoms with E-state index >= 15 is 0 Å². The first-order valence-electron chi connectivity index (χ1n) is 20.0. The molecule has 2 atom stereocenters. The second kappa shape index (κ2) is 14.6. The Bertz CT molecular complexity index is 1990. The number of rotatable bonds is 9. The number of hydrogen-bond acceptors (Lipinski definition) is 10. The largest absolute Gasteiger partial charge is 0.380 e. The summed E-state index contributed by atoms with van der Waals surface area (Å²) in [5, 5.41) is 2.38. The van der Waals surface area contributed by atoms with Gasteiger partial charge in [0, 0.05) is 68.8 Å². The Balaban J connectivity index is 0.766. The van der Waals surface area contributed by atoms with Gasteiger partial charge in [-0.25, -0.2) is 9.97 Å². The van der Waals surface area contributed by atoms with Gasteiger partial charge >= 0.3 is 0 Å². The van der Waals surface area contributed by atoms with Crippen molar-refractivity contribution in [3.63, 3.8) is 0 Å². The van der Waals surface area contributed by atoms with Crippen LogP contribution in [0.3, 0.4) is 0 Å². The van der Waals surface area contributed by atoms with Crippen LogP contribution in [0.25, 0.3) is 0 Å². The Kier molecular flexibility index (Phi) is 9.53. The molecular formula is C42H50N8O5. The number of fused-ring (bicyclic) bond motifs is 1. The standard InChI is InChI=1S/C42H50N8O5/c43-39(52)38-34(45-36(20-44-38)49-14-1-13-42(24-49)25-55-26-42)18-27-2-4-29(5-3-27)30-11-15-47(16-12-30)21-28-10-17-48(22-28)32-6-7-33-31(19-32)23-50(41(33)54)35-8-9-37(51)46-40(35)53/h2-7,19-20,28,30,35H,1,8-18,21-26H2,(H2,43,52)(H,46,51,53)/t28-,35?/m1/s1. The van der Waals surface area contributed by atoms with Crippen molar-refractivity contribution in [1.82, 2.24) is 25.1 Å². The third-order valence-corrected chi connectivity index (χ3v) is 13.0. The minimum Gasteiger partial charge on any atom is -0.380 e. The number of nitrogens with one attached hydrogen (secondary N) is 1. The lowest BCUT2D eigenvalue weighted by atomic mass is 9.78. The molecule has 13 nitrogen and oxygen atoms in total. The highest BCUT2D eigenvalue weighted by molar-refractivity contribution is 6.05. The number of carbonyl (C=O) groups excluding carboxylic acids is 4. The van der Waals surface area contributed by atoms with Gasteiger partial charge in [-0.15, -0.1) is 0 Å². The topological polar surface area (TPSA) is 154 Å². The molecule has 6 aliphatic rings. The average molecular weight is 747 g/mol. The van der Waals surface area contributed by atoms with E-state index in [1.54, 1.807) is 11.1 Å². The highest BCUT2D eigenvalue weighted by Crippen LogP contribution is 2.39. The fourth-order valence-corrected chi connectivity index (χ4v) is 9.82. The van der Waals surface area contributed by atoms with Crippen LogP contribution >= 0.6 is 0 Å². The lowest BCUT2D eigenvalue weighted by molar-refractivity contribution is -0.136. The van der Waals surface area contributed by atoms with Gasteiger partial charge in [0.05, 0.1) is 25.1 Å². The molecule has 1 spiro atoms. The molecule has 3 aromatic rings. The number of imide groups is 1. The van der Waals surface area contributed by atoms with Gasteiger partial charge in [0.25, 0.3) is 11.8 Å². The lowest BCUT2D eigenvalue weighted by Gasteiger charge is -2.48. The zero-order valence-electron chi connectivity index (χ0n) is 31.4. The molecule has 0 aliphatic carbocycles. The molecule has 1 aromatic heterocycles. The summed E-state index contributed by atoms with van der Waals surface area (Å²) in [6, 6.07) is 14.3. The molecule has 55 heavy (non-hydrogen) atoms. The minimum absolute atomic E-state index is 0.129. The first-order chi connectivity index (χ1) is 26.7. The van der Waals surface area contributed by atoms with E-state index in [1.807, 2.05) is 12.1 Å². The molecule has 0 radical (unpaired) electrons. The molecule has 6 aliphatic heterocycles. The Morgan fingerprint density at radius 2 is 1.78 bits per heavy atom. The van der Waals surface area contributed by atoms with Crippen molar-refractivity contribution in [2.24, 2.45) is 17.1 Å². The zero-order chi connectivity index (χ0) is 37.7. The quantitative estimate of drug-likeness (QED) is 0.312. The summed E-state index contributed by atoms with van der Waals surface area (Å²) < 4.78 is 5.54. The van der Waals surface area contributed by atoms with E-state index in [-0.39, 0.29) is 35.3 Å². The molecule has 9 rings (SSSR count). The Morgan fingerprint density at radius 1 is 0.964 bits per heavy atom. The van der Waals surface area contributed by atoms with Crippen LogP contribution in [-0.4, -0.2) is 108 Å². The molecule has 0 bridgehead atoms. The second-order valence-electron chi connectivity index (χ2n) is 16.7. The molecule has 2 aromatic carbocycles. The monoisotopic (exact) mass is 746 g/mol. The van der Waals surface area contributed by atoms with Crippen LogP contribution < -0.4 is 20.9 Å². The minimum atomic E-state index is -0.594. The number of likely N-dealkylation sites (tertiary alicyclic amines) is 1. The van der Waals surface area contributed by atoms with Gasteiger partial charge in [-0.2, -0.15) is 0 Å². The molecule has 1 unspecified atom stereocenters. The van der Waals surface area contributed by atoms with Crippen molar-refractivity contribution in [1.29, 1.82) is 0 Å². The van der Waals surface area contributed by atoms with Gasteiger partial charge in [-0.3, -0.25) is 24.5 Å². The number of anilines is 2. The molecule has 5 fully saturated rings. The van der Waals surface area contributed by atoms with Crippen LogP contribution in [0, 0.1) is 11.3 Å². The number of nitrogens with two attached hydrogens (primary N) is 1. The summed E-state index contributed by atoms with van der Waals surface area (Å²) in [4.78, 5) is 67.9. The number of nitrogens with zero attached hydrogens (tertiary/aromatic N) is 6. The average Bonchev–Trinajstić information content (AvgIpc) is 3.78.